The van der Waals surface area contributed by atoms with E-state index in [2.05, 4.69) is 58.1 Å². The van der Waals surface area contributed by atoms with E-state index in [0.29, 0.717) is 6.04 Å². The van der Waals surface area contributed by atoms with Gasteiger partial charge in [0, 0.05) is 24.1 Å². The Morgan fingerprint density at radius 3 is 2.82 bits per heavy atom. The quantitative estimate of drug-likeness (QED) is 0.730. The molecule has 2 unspecified atom stereocenters. The number of unbranched alkanes of at least 4 members (excludes halogenated alkanes) is 1. The van der Waals surface area contributed by atoms with Gasteiger partial charge in [-0.25, -0.2) is 0 Å². The fourth-order valence-electron chi connectivity index (χ4n) is 2.86. The van der Waals surface area contributed by atoms with E-state index < -0.39 is 0 Å². The third kappa shape index (κ3) is 4.39. The van der Waals surface area contributed by atoms with E-state index in [1.165, 1.54) is 18.4 Å². The first kappa shape index (κ1) is 17.1. The van der Waals surface area contributed by atoms with Crippen molar-refractivity contribution in [1.82, 2.24) is 5.32 Å². The van der Waals surface area contributed by atoms with Crippen LogP contribution in [0.2, 0.25) is 0 Å². The van der Waals surface area contributed by atoms with Crippen molar-refractivity contribution in [3.8, 4) is 11.5 Å². The summed E-state index contributed by atoms with van der Waals surface area (Å²) < 4.78 is 12.1. The van der Waals surface area contributed by atoms with Gasteiger partial charge >= 0.3 is 0 Å². The van der Waals surface area contributed by atoms with Crippen LogP contribution >= 0.6 is 0 Å². The molecule has 124 valence electrons. The molecular formula is C19H31NO2. The Morgan fingerprint density at radius 2 is 2.14 bits per heavy atom. The lowest BCUT2D eigenvalue weighted by molar-refractivity contribution is 0.0654. The van der Waals surface area contributed by atoms with E-state index in [4.69, 9.17) is 9.47 Å². The summed E-state index contributed by atoms with van der Waals surface area (Å²) in [7, 11) is 0. The molecule has 1 aromatic rings. The van der Waals surface area contributed by atoms with Crippen molar-refractivity contribution in [1.29, 1.82) is 0 Å². The number of ether oxygens (including phenoxy) is 2. The van der Waals surface area contributed by atoms with E-state index in [1.54, 1.807) is 0 Å². The molecule has 0 amide bonds. The number of rotatable bonds is 7. The van der Waals surface area contributed by atoms with Gasteiger partial charge in [0.2, 0.25) is 0 Å². The maximum absolute atomic E-state index is 6.19. The zero-order valence-corrected chi connectivity index (χ0v) is 14.7. The first-order valence-corrected chi connectivity index (χ1v) is 8.68. The van der Waals surface area contributed by atoms with E-state index >= 15 is 0 Å². The van der Waals surface area contributed by atoms with Gasteiger partial charge in [-0.2, -0.15) is 0 Å². The van der Waals surface area contributed by atoms with Crippen molar-refractivity contribution in [2.75, 3.05) is 6.54 Å². The van der Waals surface area contributed by atoms with Gasteiger partial charge in [0.05, 0.1) is 6.10 Å². The van der Waals surface area contributed by atoms with Gasteiger partial charge in [-0.05, 0) is 46.2 Å². The standard InChI is InChI=1S/C19H31NO2/c1-6-8-11-20-17-13-19(4,5)22-18-12-15(9-10-16(17)18)21-14(3)7-2/h9-10,12,14,17,20H,6-8,11,13H2,1-5H3. The third-order valence-corrected chi connectivity index (χ3v) is 4.28. The zero-order valence-electron chi connectivity index (χ0n) is 14.7. The second-order valence-electron chi connectivity index (χ2n) is 6.96. The lowest BCUT2D eigenvalue weighted by Crippen LogP contribution is -2.39. The van der Waals surface area contributed by atoms with Gasteiger partial charge in [0.25, 0.3) is 0 Å². The van der Waals surface area contributed by atoms with E-state index in [9.17, 15) is 0 Å². The molecule has 1 N–H and O–H groups in total. The highest BCUT2D eigenvalue weighted by Crippen LogP contribution is 2.41. The lowest BCUT2D eigenvalue weighted by atomic mass is 9.89. The zero-order chi connectivity index (χ0) is 16.2. The van der Waals surface area contributed by atoms with Crippen LogP contribution in [-0.2, 0) is 0 Å². The third-order valence-electron chi connectivity index (χ3n) is 4.28. The van der Waals surface area contributed by atoms with Crippen molar-refractivity contribution < 1.29 is 9.47 Å². The van der Waals surface area contributed by atoms with Gasteiger partial charge in [-0.15, -0.1) is 0 Å². The Bertz CT molecular complexity index is 484. The molecule has 1 aromatic carbocycles. The summed E-state index contributed by atoms with van der Waals surface area (Å²) in [5.41, 5.74) is 1.11. The number of benzene rings is 1. The molecule has 0 saturated heterocycles. The van der Waals surface area contributed by atoms with Crippen molar-refractivity contribution in [2.24, 2.45) is 0 Å². The Labute approximate surface area is 135 Å². The molecule has 1 aliphatic heterocycles. The average Bonchev–Trinajstić information content (AvgIpc) is 2.45. The van der Waals surface area contributed by atoms with Crippen LogP contribution in [0.15, 0.2) is 18.2 Å². The fraction of sp³-hybridized carbons (Fsp3) is 0.684. The minimum Gasteiger partial charge on any atom is -0.491 e. The smallest absolute Gasteiger partial charge is 0.128 e. The van der Waals surface area contributed by atoms with E-state index in [1.807, 2.05) is 0 Å². The Balaban J connectivity index is 2.18. The summed E-state index contributed by atoms with van der Waals surface area (Å²) in [6.07, 6.45) is 4.66. The summed E-state index contributed by atoms with van der Waals surface area (Å²) in [6, 6.07) is 6.65. The summed E-state index contributed by atoms with van der Waals surface area (Å²) in [4.78, 5) is 0. The van der Waals surface area contributed by atoms with E-state index in [0.717, 1.165) is 30.9 Å². The predicted octanol–water partition coefficient (Wildman–Crippen LogP) is 4.86. The van der Waals surface area contributed by atoms with Gasteiger partial charge in [0.15, 0.2) is 0 Å². The minimum atomic E-state index is -0.147. The van der Waals surface area contributed by atoms with Gasteiger partial charge in [-0.1, -0.05) is 26.3 Å². The average molecular weight is 305 g/mol. The molecule has 3 heteroatoms. The highest BCUT2D eigenvalue weighted by Gasteiger charge is 2.33. The van der Waals surface area contributed by atoms with Crippen molar-refractivity contribution in [3.05, 3.63) is 23.8 Å². The molecule has 2 rings (SSSR count). The van der Waals surface area contributed by atoms with E-state index in [-0.39, 0.29) is 11.7 Å². The van der Waals surface area contributed by atoms with Crippen LogP contribution in [0.25, 0.3) is 0 Å². The summed E-state index contributed by atoms with van der Waals surface area (Å²) in [6.45, 7) is 11.8. The van der Waals surface area contributed by atoms with Crippen LogP contribution in [0, 0.1) is 0 Å². The van der Waals surface area contributed by atoms with Crippen LogP contribution in [-0.4, -0.2) is 18.2 Å². The maximum atomic E-state index is 6.19. The summed E-state index contributed by atoms with van der Waals surface area (Å²) in [5, 5.41) is 3.68. The summed E-state index contributed by atoms with van der Waals surface area (Å²) >= 11 is 0. The molecule has 0 bridgehead atoms. The highest BCUT2D eigenvalue weighted by molar-refractivity contribution is 5.44. The predicted molar refractivity (Wildman–Crippen MR) is 91.8 cm³/mol. The minimum absolute atomic E-state index is 0.147. The lowest BCUT2D eigenvalue weighted by Gasteiger charge is -2.38. The van der Waals surface area contributed by atoms with Gasteiger partial charge < -0.3 is 14.8 Å². The molecule has 0 radical (unpaired) electrons. The number of fused-ring (bicyclic) bond motifs is 1. The Kier molecular flexibility index (Phi) is 5.74. The molecule has 1 heterocycles. The second-order valence-corrected chi connectivity index (χ2v) is 6.96. The van der Waals surface area contributed by atoms with Crippen molar-refractivity contribution >= 4 is 0 Å². The normalized spacial score (nSPS) is 20.9. The number of hydrogen-bond donors (Lipinski definition) is 1. The Hall–Kier alpha value is -1.22. The topological polar surface area (TPSA) is 30.5 Å². The summed E-state index contributed by atoms with van der Waals surface area (Å²) in [5.74, 6) is 1.86. The molecule has 0 fully saturated rings. The number of nitrogens with one attached hydrogen (secondary N) is 1. The molecule has 0 spiro atoms. The van der Waals surface area contributed by atoms with Crippen LogP contribution in [0.1, 0.15) is 71.9 Å². The first-order valence-electron chi connectivity index (χ1n) is 8.68. The molecule has 2 atom stereocenters. The fourth-order valence-corrected chi connectivity index (χ4v) is 2.86. The second kappa shape index (κ2) is 7.36. The van der Waals surface area contributed by atoms with Crippen LogP contribution in [0.3, 0.4) is 0 Å². The SMILES string of the molecule is CCCCNC1CC(C)(C)Oc2cc(OC(C)CC)ccc21. The van der Waals surface area contributed by atoms with Crippen LogP contribution in [0.4, 0.5) is 0 Å². The van der Waals surface area contributed by atoms with Crippen LogP contribution in [0.5, 0.6) is 11.5 Å². The van der Waals surface area contributed by atoms with Crippen molar-refractivity contribution in [3.63, 3.8) is 0 Å². The molecule has 3 nitrogen and oxygen atoms in total. The molecule has 1 aliphatic rings. The van der Waals surface area contributed by atoms with Gasteiger partial charge in [-0.3, -0.25) is 0 Å². The molecular weight excluding hydrogens is 274 g/mol. The van der Waals surface area contributed by atoms with Gasteiger partial charge in [0.1, 0.15) is 17.1 Å². The maximum Gasteiger partial charge on any atom is 0.128 e. The monoisotopic (exact) mass is 305 g/mol. The molecule has 0 aromatic heterocycles. The first-order chi connectivity index (χ1) is 10.4. The number of hydrogen-bond acceptors (Lipinski definition) is 3. The highest BCUT2D eigenvalue weighted by atomic mass is 16.5. The largest absolute Gasteiger partial charge is 0.491 e. The molecule has 22 heavy (non-hydrogen) atoms. The Morgan fingerprint density at radius 1 is 1.36 bits per heavy atom. The molecule has 0 aliphatic carbocycles. The molecule has 0 saturated carbocycles. The van der Waals surface area contributed by atoms with Crippen molar-refractivity contribution in [2.45, 2.75) is 78.0 Å². The van der Waals surface area contributed by atoms with Crippen LogP contribution < -0.4 is 14.8 Å².